The van der Waals surface area contributed by atoms with Crippen LogP contribution in [-0.2, 0) is 6.42 Å². The van der Waals surface area contributed by atoms with E-state index in [-0.39, 0.29) is 18.1 Å². The summed E-state index contributed by atoms with van der Waals surface area (Å²) in [6.45, 7) is 1.21. The van der Waals surface area contributed by atoms with Crippen molar-refractivity contribution in [2.24, 2.45) is 5.92 Å². The monoisotopic (exact) mass is 310 g/mol. The number of amides is 2. The number of nitrogens with zero attached hydrogens (tertiary/aromatic N) is 1. The number of carbonyl (C=O) groups is 1. The van der Waals surface area contributed by atoms with Gasteiger partial charge in [0.05, 0.1) is 6.10 Å². The minimum absolute atomic E-state index is 0.0805. The van der Waals surface area contributed by atoms with E-state index in [4.69, 9.17) is 11.6 Å². The summed E-state index contributed by atoms with van der Waals surface area (Å²) in [6, 6.07) is 7.56. The molecule has 1 saturated carbocycles. The highest BCUT2D eigenvalue weighted by molar-refractivity contribution is 6.30. The second-order valence-electron chi connectivity index (χ2n) is 5.75. The highest BCUT2D eigenvalue weighted by Crippen LogP contribution is 2.25. The molecule has 5 heteroatoms. The number of aliphatic hydroxyl groups excluding tert-OH is 1. The van der Waals surface area contributed by atoms with Gasteiger partial charge in [0.1, 0.15) is 0 Å². The first-order valence-electron chi connectivity index (χ1n) is 7.47. The van der Waals surface area contributed by atoms with Crippen molar-refractivity contribution in [3.63, 3.8) is 0 Å². The lowest BCUT2D eigenvalue weighted by Gasteiger charge is -2.23. The lowest BCUT2D eigenvalue weighted by molar-refractivity contribution is 0.114. The SMILES string of the molecule is CN(CC1CCCC1O)C(=O)NCCc1ccc(Cl)cc1. The molecule has 2 rings (SSSR count). The second kappa shape index (κ2) is 7.66. The van der Waals surface area contributed by atoms with E-state index in [1.165, 1.54) is 0 Å². The minimum atomic E-state index is -0.255. The first-order valence-corrected chi connectivity index (χ1v) is 7.85. The predicted molar refractivity (Wildman–Crippen MR) is 84.5 cm³/mol. The molecule has 116 valence electrons. The molecule has 1 aromatic rings. The van der Waals surface area contributed by atoms with Gasteiger partial charge in [-0.05, 0) is 37.0 Å². The first-order chi connectivity index (χ1) is 10.1. The van der Waals surface area contributed by atoms with Gasteiger partial charge in [-0.2, -0.15) is 0 Å². The smallest absolute Gasteiger partial charge is 0.317 e. The van der Waals surface area contributed by atoms with Gasteiger partial charge in [-0.3, -0.25) is 0 Å². The van der Waals surface area contributed by atoms with Gasteiger partial charge in [-0.15, -0.1) is 0 Å². The molecular weight excluding hydrogens is 288 g/mol. The van der Waals surface area contributed by atoms with Gasteiger partial charge < -0.3 is 15.3 Å². The molecular formula is C16H23ClN2O2. The fraction of sp³-hybridized carbons (Fsp3) is 0.562. The van der Waals surface area contributed by atoms with Crippen molar-refractivity contribution in [2.75, 3.05) is 20.1 Å². The Morgan fingerprint density at radius 3 is 2.71 bits per heavy atom. The molecule has 1 fully saturated rings. The normalized spacial score (nSPS) is 21.3. The Morgan fingerprint density at radius 1 is 1.38 bits per heavy atom. The zero-order valence-corrected chi connectivity index (χ0v) is 13.1. The summed E-state index contributed by atoms with van der Waals surface area (Å²) in [5.41, 5.74) is 1.15. The van der Waals surface area contributed by atoms with Crippen LogP contribution in [0.25, 0.3) is 0 Å². The van der Waals surface area contributed by atoms with Crippen LogP contribution < -0.4 is 5.32 Å². The van der Waals surface area contributed by atoms with Gasteiger partial charge in [0.2, 0.25) is 0 Å². The van der Waals surface area contributed by atoms with Gasteiger partial charge in [0.15, 0.2) is 0 Å². The molecule has 0 aliphatic heterocycles. The van der Waals surface area contributed by atoms with Crippen LogP contribution in [0.2, 0.25) is 5.02 Å². The fourth-order valence-electron chi connectivity index (χ4n) is 2.76. The third-order valence-electron chi connectivity index (χ3n) is 4.08. The molecule has 2 amide bonds. The third kappa shape index (κ3) is 4.90. The van der Waals surface area contributed by atoms with Crippen molar-refractivity contribution in [1.82, 2.24) is 10.2 Å². The number of benzene rings is 1. The van der Waals surface area contributed by atoms with Crippen molar-refractivity contribution in [1.29, 1.82) is 0 Å². The molecule has 0 saturated heterocycles. The maximum absolute atomic E-state index is 12.0. The van der Waals surface area contributed by atoms with Crippen LogP contribution in [0.5, 0.6) is 0 Å². The van der Waals surface area contributed by atoms with Crippen LogP contribution in [-0.4, -0.2) is 42.3 Å². The molecule has 21 heavy (non-hydrogen) atoms. The maximum Gasteiger partial charge on any atom is 0.317 e. The molecule has 0 aromatic heterocycles. The summed E-state index contributed by atoms with van der Waals surface area (Å²) < 4.78 is 0. The molecule has 1 aromatic carbocycles. The molecule has 0 radical (unpaired) electrons. The van der Waals surface area contributed by atoms with Crippen LogP contribution in [0.1, 0.15) is 24.8 Å². The van der Waals surface area contributed by atoms with E-state index in [2.05, 4.69) is 5.32 Å². The maximum atomic E-state index is 12.0. The highest BCUT2D eigenvalue weighted by Gasteiger charge is 2.27. The van der Waals surface area contributed by atoms with Crippen molar-refractivity contribution < 1.29 is 9.90 Å². The van der Waals surface area contributed by atoms with Gasteiger partial charge >= 0.3 is 6.03 Å². The Balaban J connectivity index is 1.70. The molecule has 1 aliphatic rings. The van der Waals surface area contributed by atoms with Crippen LogP contribution in [0, 0.1) is 5.92 Å². The Kier molecular flexibility index (Phi) is 5.88. The highest BCUT2D eigenvalue weighted by atomic mass is 35.5. The van der Waals surface area contributed by atoms with E-state index in [9.17, 15) is 9.90 Å². The zero-order valence-electron chi connectivity index (χ0n) is 12.4. The van der Waals surface area contributed by atoms with E-state index in [1.54, 1.807) is 11.9 Å². The predicted octanol–water partition coefficient (Wildman–Crippen LogP) is 2.68. The Morgan fingerprint density at radius 2 is 2.10 bits per heavy atom. The molecule has 2 unspecified atom stereocenters. The van der Waals surface area contributed by atoms with Crippen molar-refractivity contribution in [2.45, 2.75) is 31.8 Å². The molecule has 0 spiro atoms. The average molecular weight is 311 g/mol. The summed E-state index contributed by atoms with van der Waals surface area (Å²) >= 11 is 5.83. The number of hydrogen-bond acceptors (Lipinski definition) is 2. The number of hydrogen-bond donors (Lipinski definition) is 2. The van der Waals surface area contributed by atoms with E-state index < -0.39 is 0 Å². The summed E-state index contributed by atoms with van der Waals surface area (Å²) in [7, 11) is 1.78. The van der Waals surface area contributed by atoms with E-state index >= 15 is 0 Å². The Hall–Kier alpha value is -1.26. The van der Waals surface area contributed by atoms with Crippen LogP contribution >= 0.6 is 11.6 Å². The van der Waals surface area contributed by atoms with Crippen molar-refractivity contribution in [3.05, 3.63) is 34.9 Å². The van der Waals surface area contributed by atoms with Gasteiger partial charge in [0.25, 0.3) is 0 Å². The Labute approximate surface area is 131 Å². The summed E-state index contributed by atoms with van der Waals surface area (Å²) in [4.78, 5) is 13.7. The minimum Gasteiger partial charge on any atom is -0.393 e. The van der Waals surface area contributed by atoms with Gasteiger partial charge in [-0.25, -0.2) is 4.79 Å². The fourth-order valence-corrected chi connectivity index (χ4v) is 2.89. The number of halogens is 1. The molecule has 1 aliphatic carbocycles. The van der Waals surface area contributed by atoms with E-state index in [0.29, 0.717) is 13.1 Å². The van der Waals surface area contributed by atoms with Gasteiger partial charge in [0, 0.05) is 31.1 Å². The van der Waals surface area contributed by atoms with E-state index in [1.807, 2.05) is 24.3 Å². The topological polar surface area (TPSA) is 52.6 Å². The number of nitrogens with one attached hydrogen (secondary N) is 1. The third-order valence-corrected chi connectivity index (χ3v) is 4.33. The Bertz CT molecular complexity index is 464. The van der Waals surface area contributed by atoms with Crippen LogP contribution in [0.3, 0.4) is 0 Å². The molecule has 2 N–H and O–H groups in total. The summed E-state index contributed by atoms with van der Waals surface area (Å²) in [6.07, 6.45) is 3.44. The van der Waals surface area contributed by atoms with Gasteiger partial charge in [-0.1, -0.05) is 30.2 Å². The standard InChI is InChI=1S/C16H23ClN2O2/c1-19(11-13-3-2-4-15(13)20)16(21)18-10-9-12-5-7-14(17)8-6-12/h5-8,13,15,20H,2-4,9-11H2,1H3,(H,18,21). The lowest BCUT2D eigenvalue weighted by Crippen LogP contribution is -2.41. The first kappa shape index (κ1) is 16.1. The second-order valence-corrected chi connectivity index (χ2v) is 6.18. The van der Waals surface area contributed by atoms with Crippen LogP contribution in [0.15, 0.2) is 24.3 Å². The number of urea groups is 1. The van der Waals surface area contributed by atoms with Crippen LogP contribution in [0.4, 0.5) is 4.79 Å². The quantitative estimate of drug-likeness (QED) is 0.878. The van der Waals surface area contributed by atoms with E-state index in [0.717, 1.165) is 36.3 Å². The molecule has 0 heterocycles. The summed E-state index contributed by atoms with van der Waals surface area (Å²) in [5.74, 6) is 0.219. The van der Waals surface area contributed by atoms with Crippen molar-refractivity contribution >= 4 is 17.6 Å². The number of carbonyl (C=O) groups excluding carboxylic acids is 1. The molecule has 4 nitrogen and oxygen atoms in total. The molecule has 2 atom stereocenters. The van der Waals surface area contributed by atoms with Crippen molar-refractivity contribution in [3.8, 4) is 0 Å². The summed E-state index contributed by atoms with van der Waals surface area (Å²) in [5, 5.41) is 13.4. The zero-order chi connectivity index (χ0) is 15.2. The number of aliphatic hydroxyl groups is 1. The average Bonchev–Trinajstić information content (AvgIpc) is 2.86. The molecule has 0 bridgehead atoms. The number of rotatable bonds is 5. The lowest BCUT2D eigenvalue weighted by atomic mass is 10.1. The largest absolute Gasteiger partial charge is 0.393 e.